The highest BCUT2D eigenvalue weighted by Gasteiger charge is 2.55. The molecule has 2 aliphatic rings. The fraction of sp³-hybridized carbons (Fsp3) is 0.0323. The topological polar surface area (TPSA) is 393 Å². The van der Waals surface area contributed by atoms with Gasteiger partial charge in [0.05, 0.1) is 63.9 Å². The lowest BCUT2D eigenvalue weighted by molar-refractivity contribution is -0.394. The summed E-state index contributed by atoms with van der Waals surface area (Å²) in [6.45, 7) is 0. The SMILES string of the molecule is N#CC(C#N)(C(=O)Oc1c([N+](=O)[O-])cc([N+](=O)[O-])c2c1C(=O)c1cc([N+](=O)[O-])ccc1-2)C(=O)Oc1c([N+](=O)[O-])cc([N+](=O)[O-])c2c1C(=O)c1cc([N+](=O)[O-])ccc1-2. The molecule has 0 spiro atoms. The number of esters is 2. The Labute approximate surface area is 309 Å². The molecule has 2 aliphatic carbocycles. The van der Waals surface area contributed by atoms with Crippen LogP contribution in [0.5, 0.6) is 11.5 Å². The largest absolute Gasteiger partial charge is 0.416 e. The molecule has 0 aliphatic heterocycles. The van der Waals surface area contributed by atoms with Crippen LogP contribution in [0.25, 0.3) is 22.3 Å². The van der Waals surface area contributed by atoms with Crippen LogP contribution in [0.4, 0.5) is 34.1 Å². The fourth-order valence-corrected chi connectivity index (χ4v) is 6.02. The first-order valence-corrected chi connectivity index (χ1v) is 14.7. The van der Waals surface area contributed by atoms with E-state index in [2.05, 4.69) is 0 Å². The van der Waals surface area contributed by atoms with E-state index >= 15 is 0 Å². The van der Waals surface area contributed by atoms with E-state index in [0.717, 1.165) is 36.4 Å². The minimum atomic E-state index is -4.01. The molecule has 0 saturated carbocycles. The van der Waals surface area contributed by atoms with Crippen LogP contribution in [-0.4, -0.2) is 53.0 Å². The van der Waals surface area contributed by atoms with Crippen LogP contribution in [0.15, 0.2) is 48.5 Å². The van der Waals surface area contributed by atoms with Crippen molar-refractivity contribution >= 4 is 57.6 Å². The van der Waals surface area contributed by atoms with E-state index in [1.807, 2.05) is 0 Å². The number of rotatable bonds is 10. The van der Waals surface area contributed by atoms with Gasteiger partial charge in [0.15, 0.2) is 11.6 Å². The molecule has 0 fully saturated rings. The minimum Gasteiger partial charge on any atom is -0.416 e. The summed E-state index contributed by atoms with van der Waals surface area (Å²) in [7, 11) is 0. The van der Waals surface area contributed by atoms with Crippen LogP contribution in [0, 0.1) is 88.8 Å². The van der Waals surface area contributed by atoms with Crippen molar-refractivity contribution in [3.63, 3.8) is 0 Å². The summed E-state index contributed by atoms with van der Waals surface area (Å²) in [4.78, 5) is 118. The molecule has 0 radical (unpaired) electrons. The number of nitro groups is 6. The second-order valence-corrected chi connectivity index (χ2v) is 11.4. The molecule has 26 heteroatoms. The van der Waals surface area contributed by atoms with Crippen molar-refractivity contribution in [2.45, 2.75) is 0 Å². The van der Waals surface area contributed by atoms with Gasteiger partial charge in [-0.1, -0.05) is 0 Å². The maximum atomic E-state index is 13.7. The molecule has 0 saturated heterocycles. The maximum Gasteiger partial charge on any atom is 0.358 e. The van der Waals surface area contributed by atoms with Gasteiger partial charge in [0.1, 0.15) is 12.1 Å². The number of ether oxygens (including phenoxy) is 2. The Bertz CT molecular complexity index is 2640. The summed E-state index contributed by atoms with van der Waals surface area (Å²) in [5, 5.41) is 91.0. The van der Waals surface area contributed by atoms with Crippen molar-refractivity contribution in [1.82, 2.24) is 0 Å². The average Bonchev–Trinajstić information content (AvgIpc) is 3.62. The van der Waals surface area contributed by atoms with Crippen molar-refractivity contribution in [3.05, 3.63) is 131 Å². The molecule has 0 amide bonds. The highest BCUT2D eigenvalue weighted by Crippen LogP contribution is 2.53. The number of fused-ring (bicyclic) bond motifs is 6. The Morgan fingerprint density at radius 2 is 0.825 bits per heavy atom. The Morgan fingerprint density at radius 3 is 1.11 bits per heavy atom. The van der Waals surface area contributed by atoms with E-state index in [1.165, 1.54) is 0 Å². The van der Waals surface area contributed by atoms with Gasteiger partial charge in [0.25, 0.3) is 22.7 Å². The Hall–Kier alpha value is -9.46. The van der Waals surface area contributed by atoms with Crippen LogP contribution < -0.4 is 9.47 Å². The molecule has 0 aromatic heterocycles. The third-order valence-electron chi connectivity index (χ3n) is 8.51. The molecule has 0 atom stereocenters. The summed E-state index contributed by atoms with van der Waals surface area (Å²) in [6.07, 6.45) is 0. The van der Waals surface area contributed by atoms with Gasteiger partial charge in [0.2, 0.25) is 11.5 Å². The third-order valence-corrected chi connectivity index (χ3v) is 8.51. The zero-order chi connectivity index (χ0) is 42.0. The van der Waals surface area contributed by atoms with E-state index < -0.39 is 149 Å². The number of hydrogen-bond acceptors (Lipinski definition) is 20. The zero-order valence-electron chi connectivity index (χ0n) is 27.0. The van der Waals surface area contributed by atoms with E-state index in [0.29, 0.717) is 12.1 Å². The van der Waals surface area contributed by atoms with Crippen LogP contribution in [0.1, 0.15) is 31.8 Å². The lowest BCUT2D eigenvalue weighted by atomic mass is 9.91. The van der Waals surface area contributed by atoms with E-state index in [-0.39, 0.29) is 12.1 Å². The summed E-state index contributed by atoms with van der Waals surface area (Å²) < 4.78 is 9.88. The summed E-state index contributed by atoms with van der Waals surface area (Å²) in [5.74, 6) is -10.7. The number of non-ortho nitro benzene ring substituents is 2. The first-order valence-electron chi connectivity index (χ1n) is 14.7. The summed E-state index contributed by atoms with van der Waals surface area (Å²) in [5.41, 5.74) is -16.8. The van der Waals surface area contributed by atoms with Gasteiger partial charge in [0, 0.05) is 46.5 Å². The Morgan fingerprint density at radius 1 is 0.491 bits per heavy atom. The van der Waals surface area contributed by atoms with Gasteiger partial charge < -0.3 is 9.47 Å². The molecule has 26 nitrogen and oxygen atoms in total. The third kappa shape index (κ3) is 5.42. The molecule has 0 bridgehead atoms. The van der Waals surface area contributed by atoms with Crippen LogP contribution in [0.3, 0.4) is 0 Å². The first kappa shape index (κ1) is 37.3. The zero-order valence-corrected chi connectivity index (χ0v) is 27.0. The van der Waals surface area contributed by atoms with Crippen molar-refractivity contribution in [2.75, 3.05) is 0 Å². The maximum absolute atomic E-state index is 13.7. The van der Waals surface area contributed by atoms with E-state index in [9.17, 15) is 90.4 Å². The van der Waals surface area contributed by atoms with Gasteiger partial charge in [-0.05, 0) is 12.1 Å². The number of nitro benzene ring substituents is 6. The van der Waals surface area contributed by atoms with Gasteiger partial charge in [-0.2, -0.15) is 10.5 Å². The van der Waals surface area contributed by atoms with Crippen LogP contribution in [0.2, 0.25) is 0 Å². The molecular weight excluding hydrogens is 772 g/mol. The predicted octanol–water partition coefficient (Wildman–Crippen LogP) is 4.10. The molecular formula is C31H8N8O18. The van der Waals surface area contributed by atoms with Crippen molar-refractivity contribution < 1.29 is 58.2 Å². The smallest absolute Gasteiger partial charge is 0.358 e. The van der Waals surface area contributed by atoms with Gasteiger partial charge in [-0.3, -0.25) is 70.3 Å². The molecule has 0 heterocycles. The second-order valence-electron chi connectivity index (χ2n) is 11.4. The van der Waals surface area contributed by atoms with Crippen LogP contribution in [-0.2, 0) is 9.59 Å². The molecule has 0 unspecified atom stereocenters. The normalized spacial score (nSPS) is 11.8. The van der Waals surface area contributed by atoms with E-state index in [4.69, 9.17) is 9.47 Å². The Kier molecular flexibility index (Phi) is 8.43. The number of hydrogen-bond donors (Lipinski definition) is 0. The first-order chi connectivity index (χ1) is 26.8. The van der Waals surface area contributed by atoms with Crippen LogP contribution >= 0.6 is 0 Å². The molecule has 0 N–H and O–H groups in total. The van der Waals surface area contributed by atoms with Gasteiger partial charge in [-0.15, -0.1) is 0 Å². The number of nitrogens with zero attached hydrogens (tertiary/aromatic N) is 8. The quantitative estimate of drug-likeness (QED) is 0.0620. The monoisotopic (exact) mass is 780 g/mol. The molecule has 57 heavy (non-hydrogen) atoms. The summed E-state index contributed by atoms with van der Waals surface area (Å²) in [6, 6.07) is 6.82. The number of benzene rings is 4. The lowest BCUT2D eigenvalue weighted by Crippen LogP contribution is -2.43. The van der Waals surface area contributed by atoms with E-state index in [1.54, 1.807) is 0 Å². The predicted molar refractivity (Wildman–Crippen MR) is 175 cm³/mol. The number of carbonyl (C=O) groups is 4. The number of ketones is 2. The summed E-state index contributed by atoms with van der Waals surface area (Å²) >= 11 is 0. The highest BCUT2D eigenvalue weighted by molar-refractivity contribution is 6.27. The van der Waals surface area contributed by atoms with Crippen molar-refractivity contribution in [3.8, 4) is 45.9 Å². The second kappa shape index (κ2) is 12.9. The molecule has 280 valence electrons. The molecule has 4 aromatic carbocycles. The standard InChI is InChI=1S/C31H8N8O18/c32-9-31(10-33,29(42)56-27-19(38(52)53)7-17(36(48)49)21-13-3-1-11(34(44)45)5-15(13)25(40)23(21)27)30(43)57-28-20(39(54)55)8-18(37(50)51)22-14-4-2-12(35(46)47)6-16(14)26(41)24(22)28/h1-8H. The molecule has 6 rings (SSSR count). The van der Waals surface area contributed by atoms with Crippen molar-refractivity contribution in [2.24, 2.45) is 5.41 Å². The van der Waals surface area contributed by atoms with Gasteiger partial charge >= 0.3 is 28.7 Å². The number of nitriles is 2. The fourth-order valence-electron chi connectivity index (χ4n) is 6.02. The number of carbonyl (C=O) groups excluding carboxylic acids is 4. The molecule has 4 aromatic rings. The average molecular weight is 780 g/mol. The minimum absolute atomic E-state index is 0.196. The highest BCUT2D eigenvalue weighted by atomic mass is 16.7. The van der Waals surface area contributed by atoms with Crippen molar-refractivity contribution in [1.29, 1.82) is 10.5 Å². The Balaban J connectivity index is 1.51. The lowest BCUT2D eigenvalue weighted by Gasteiger charge is -2.18. The van der Waals surface area contributed by atoms with Gasteiger partial charge in [-0.25, -0.2) is 9.59 Å².